The van der Waals surface area contributed by atoms with Gasteiger partial charge in [-0.2, -0.15) is 4.57 Å². The number of thioether (sulfide) groups is 1. The highest BCUT2D eigenvalue weighted by Gasteiger charge is 2.26. The van der Waals surface area contributed by atoms with E-state index in [1.807, 2.05) is 11.3 Å². The Morgan fingerprint density at radius 2 is 1.94 bits per heavy atom. The van der Waals surface area contributed by atoms with Gasteiger partial charge < -0.3 is 10.0 Å². The van der Waals surface area contributed by atoms with Crippen LogP contribution in [-0.4, -0.2) is 17.6 Å². The monoisotopic (exact) mass is 501 g/mol. The zero-order valence-corrected chi connectivity index (χ0v) is 21.9. The average Bonchev–Trinajstić information content (AvgIpc) is 3.38. The molecule has 0 aliphatic carbocycles. The molecule has 5 rings (SSSR count). The molecule has 1 aromatic heterocycles. The van der Waals surface area contributed by atoms with Crippen LogP contribution in [0, 0.1) is 6.92 Å². The molecule has 6 heteroatoms. The Hall–Kier alpha value is -3.09. The van der Waals surface area contributed by atoms with E-state index in [-0.39, 0.29) is 6.42 Å². The topological polar surface area (TPSA) is 44.4 Å². The first kappa shape index (κ1) is 23.6. The number of nitrogens with zero attached hydrogens (tertiary/aromatic N) is 2. The largest absolute Gasteiger partial charge is 0.481 e. The van der Waals surface area contributed by atoms with Crippen LogP contribution in [0.2, 0.25) is 0 Å². The van der Waals surface area contributed by atoms with Gasteiger partial charge in [0.2, 0.25) is 5.52 Å². The summed E-state index contributed by atoms with van der Waals surface area (Å²) in [5.41, 5.74) is 4.81. The molecular formula is C29H29N2O2S2+. The van der Waals surface area contributed by atoms with Crippen molar-refractivity contribution in [2.24, 2.45) is 0 Å². The van der Waals surface area contributed by atoms with Crippen LogP contribution >= 0.6 is 23.1 Å². The number of anilines is 1. The lowest BCUT2D eigenvalue weighted by atomic mass is 10.1. The van der Waals surface area contributed by atoms with Crippen molar-refractivity contribution in [1.82, 2.24) is 0 Å². The SMILES string of the molecule is CCC(=C/c1sc2ccc3ccccc3c2[n+]1CC)/C=C1\Sc2ccc(C)cc2N1CCC(=O)O. The molecule has 0 atom stereocenters. The summed E-state index contributed by atoms with van der Waals surface area (Å²) in [6.45, 7) is 7.83. The molecule has 4 nitrogen and oxygen atoms in total. The second-order valence-corrected chi connectivity index (χ2v) is 10.9. The number of thiazole rings is 1. The molecule has 0 saturated heterocycles. The summed E-state index contributed by atoms with van der Waals surface area (Å²) < 4.78 is 3.71. The Morgan fingerprint density at radius 1 is 1.11 bits per heavy atom. The quantitative estimate of drug-likeness (QED) is 0.268. The second-order valence-electron chi connectivity index (χ2n) is 8.74. The number of fused-ring (bicyclic) bond motifs is 4. The molecule has 0 fully saturated rings. The zero-order chi connectivity index (χ0) is 24.5. The van der Waals surface area contributed by atoms with E-state index >= 15 is 0 Å². The van der Waals surface area contributed by atoms with Crippen molar-refractivity contribution in [1.29, 1.82) is 0 Å². The number of rotatable bonds is 7. The van der Waals surface area contributed by atoms with E-state index in [0.29, 0.717) is 6.54 Å². The zero-order valence-electron chi connectivity index (χ0n) is 20.2. The Morgan fingerprint density at radius 3 is 2.71 bits per heavy atom. The third kappa shape index (κ3) is 4.60. The number of carboxylic acid groups (broad SMARTS) is 1. The highest BCUT2D eigenvalue weighted by Crippen LogP contribution is 2.47. The van der Waals surface area contributed by atoms with E-state index in [0.717, 1.165) is 23.7 Å². The smallest absolute Gasteiger partial charge is 0.305 e. The van der Waals surface area contributed by atoms with Gasteiger partial charge in [0.15, 0.2) is 0 Å². The number of aliphatic carboxylic acids is 1. The van der Waals surface area contributed by atoms with Crippen LogP contribution in [0.5, 0.6) is 0 Å². The molecule has 0 spiro atoms. The first-order valence-electron chi connectivity index (χ1n) is 12.0. The molecule has 0 amide bonds. The minimum absolute atomic E-state index is 0.107. The molecule has 0 bridgehead atoms. The van der Waals surface area contributed by atoms with Crippen molar-refractivity contribution in [3.8, 4) is 0 Å². The lowest BCUT2D eigenvalue weighted by Gasteiger charge is -2.20. The lowest BCUT2D eigenvalue weighted by molar-refractivity contribution is -0.664. The van der Waals surface area contributed by atoms with Gasteiger partial charge in [0.05, 0.1) is 22.5 Å². The van der Waals surface area contributed by atoms with Crippen LogP contribution in [0.1, 0.15) is 37.3 Å². The van der Waals surface area contributed by atoms with Gasteiger partial charge in [-0.15, -0.1) is 0 Å². The number of allylic oxidation sites excluding steroid dienone is 2. The Kier molecular flexibility index (Phi) is 6.67. The summed E-state index contributed by atoms with van der Waals surface area (Å²) in [6.07, 6.45) is 5.55. The van der Waals surface area contributed by atoms with Gasteiger partial charge >= 0.3 is 5.97 Å². The molecule has 35 heavy (non-hydrogen) atoms. The van der Waals surface area contributed by atoms with Crippen LogP contribution in [0.3, 0.4) is 0 Å². The van der Waals surface area contributed by atoms with Crippen LogP contribution in [0.15, 0.2) is 76.2 Å². The van der Waals surface area contributed by atoms with Gasteiger partial charge in [-0.25, -0.2) is 0 Å². The summed E-state index contributed by atoms with van der Waals surface area (Å²) >= 11 is 3.55. The molecule has 178 valence electrons. The minimum atomic E-state index is -0.775. The van der Waals surface area contributed by atoms with Crippen molar-refractivity contribution >= 4 is 61.8 Å². The second kappa shape index (κ2) is 9.88. The Labute approximate surface area is 214 Å². The fourth-order valence-electron chi connectivity index (χ4n) is 4.61. The van der Waals surface area contributed by atoms with Gasteiger partial charge in [-0.1, -0.05) is 60.4 Å². The van der Waals surface area contributed by atoms with E-state index in [1.165, 1.54) is 42.0 Å². The molecular weight excluding hydrogens is 472 g/mol. The van der Waals surface area contributed by atoms with Gasteiger partial charge in [-0.3, -0.25) is 4.79 Å². The van der Waals surface area contributed by atoms with Crippen LogP contribution < -0.4 is 9.47 Å². The van der Waals surface area contributed by atoms with Crippen LogP contribution in [0.25, 0.3) is 27.1 Å². The summed E-state index contributed by atoms with van der Waals surface area (Å²) in [4.78, 5) is 14.7. The van der Waals surface area contributed by atoms with Gasteiger partial charge in [-0.05, 0) is 67.1 Å². The van der Waals surface area contributed by atoms with Crippen molar-refractivity contribution in [2.45, 2.75) is 45.1 Å². The molecule has 1 aliphatic heterocycles. The standard InChI is InChI=1S/C29H28N2O2S2/c1-4-20(18-27-31(15-14-28(32)33)23-16-19(3)10-12-24(23)34-27)17-26-30(5-2)29-22-9-7-6-8-21(22)11-13-25(29)35-26/h6-13,16-18H,4-5,14-15H2,1-3H3/p+1. The third-order valence-electron chi connectivity index (χ3n) is 6.39. The minimum Gasteiger partial charge on any atom is -0.481 e. The highest BCUT2D eigenvalue weighted by molar-refractivity contribution is 8.03. The number of hydrogen-bond acceptors (Lipinski definition) is 4. The fourth-order valence-corrected chi connectivity index (χ4v) is 6.98. The van der Waals surface area contributed by atoms with Crippen molar-refractivity contribution in [3.63, 3.8) is 0 Å². The maximum atomic E-state index is 11.3. The maximum Gasteiger partial charge on any atom is 0.305 e. The summed E-state index contributed by atoms with van der Waals surface area (Å²) in [5.74, 6) is -0.775. The number of aromatic nitrogens is 1. The average molecular weight is 502 g/mol. The summed E-state index contributed by atoms with van der Waals surface area (Å²) in [5, 5.41) is 14.2. The highest BCUT2D eigenvalue weighted by atomic mass is 32.2. The van der Waals surface area contributed by atoms with Gasteiger partial charge in [0.25, 0.3) is 5.01 Å². The lowest BCUT2D eigenvalue weighted by Crippen LogP contribution is -2.33. The predicted octanol–water partition coefficient (Wildman–Crippen LogP) is 7.39. The fraction of sp³-hybridized carbons (Fsp3) is 0.241. The van der Waals surface area contributed by atoms with E-state index in [2.05, 4.69) is 97.0 Å². The first-order chi connectivity index (χ1) is 17.0. The van der Waals surface area contributed by atoms with Crippen molar-refractivity contribution in [3.05, 3.63) is 81.8 Å². The molecule has 2 heterocycles. The van der Waals surface area contributed by atoms with Crippen molar-refractivity contribution in [2.75, 3.05) is 11.4 Å². The van der Waals surface area contributed by atoms with Crippen LogP contribution in [0.4, 0.5) is 5.69 Å². The van der Waals surface area contributed by atoms with Gasteiger partial charge in [0, 0.05) is 17.5 Å². The summed E-state index contributed by atoms with van der Waals surface area (Å²) in [7, 11) is 0. The number of aryl methyl sites for hydroxylation is 2. The summed E-state index contributed by atoms with van der Waals surface area (Å²) in [6, 6.07) is 19.4. The van der Waals surface area contributed by atoms with Crippen LogP contribution in [-0.2, 0) is 11.3 Å². The molecule has 4 aromatic rings. The van der Waals surface area contributed by atoms with Gasteiger partial charge in [0.1, 0.15) is 11.2 Å². The maximum absolute atomic E-state index is 11.3. The van der Waals surface area contributed by atoms with E-state index < -0.39 is 5.97 Å². The molecule has 1 N–H and O–H groups in total. The molecule has 0 unspecified atom stereocenters. The molecule has 0 saturated carbocycles. The molecule has 1 aliphatic rings. The van der Waals surface area contributed by atoms with E-state index in [1.54, 1.807) is 11.8 Å². The number of benzene rings is 3. The van der Waals surface area contributed by atoms with E-state index in [4.69, 9.17) is 0 Å². The number of carboxylic acids is 1. The first-order valence-corrected chi connectivity index (χ1v) is 13.7. The Balaban J connectivity index is 1.58. The predicted molar refractivity (Wildman–Crippen MR) is 148 cm³/mol. The van der Waals surface area contributed by atoms with Crippen molar-refractivity contribution < 1.29 is 14.5 Å². The molecule has 3 aromatic carbocycles. The van der Waals surface area contributed by atoms with E-state index in [9.17, 15) is 9.90 Å². The molecule has 0 radical (unpaired) electrons. The Bertz CT molecular complexity index is 1500. The number of carbonyl (C=O) groups is 1. The normalized spacial score (nSPS) is 14.9. The third-order valence-corrected chi connectivity index (χ3v) is 8.60. The number of hydrogen-bond donors (Lipinski definition) is 1.